The second-order valence-electron chi connectivity index (χ2n) is 4.39. The van der Waals surface area contributed by atoms with Crippen molar-refractivity contribution in [3.63, 3.8) is 0 Å². The Labute approximate surface area is 86.4 Å². The Morgan fingerprint density at radius 2 is 1.79 bits per heavy atom. The maximum atomic E-state index is 9.12. The van der Waals surface area contributed by atoms with E-state index < -0.39 is 5.79 Å². The standard InChI is InChI=1S/C11H22O3/c1-4-5-6-7-9-10(8-12)14-11(2,3)13-9/h9-10,12H,4-8H2,1-3H3/t9-,10+/m0/s1. The summed E-state index contributed by atoms with van der Waals surface area (Å²) in [5.41, 5.74) is 0. The molecule has 0 aliphatic carbocycles. The molecule has 0 unspecified atom stereocenters. The first-order valence-corrected chi connectivity index (χ1v) is 5.55. The number of ether oxygens (including phenoxy) is 2. The maximum Gasteiger partial charge on any atom is 0.163 e. The molecule has 0 radical (unpaired) electrons. The van der Waals surface area contributed by atoms with Crippen molar-refractivity contribution in [1.29, 1.82) is 0 Å². The highest BCUT2D eigenvalue weighted by Crippen LogP contribution is 2.30. The van der Waals surface area contributed by atoms with Crippen molar-refractivity contribution in [3.8, 4) is 0 Å². The molecule has 0 bridgehead atoms. The Morgan fingerprint density at radius 1 is 1.14 bits per heavy atom. The molecule has 2 atom stereocenters. The molecule has 1 fully saturated rings. The molecular formula is C11H22O3. The minimum absolute atomic E-state index is 0.0558. The summed E-state index contributed by atoms with van der Waals surface area (Å²) in [7, 11) is 0. The van der Waals surface area contributed by atoms with Gasteiger partial charge in [-0.3, -0.25) is 0 Å². The van der Waals surface area contributed by atoms with Gasteiger partial charge in [-0.1, -0.05) is 26.2 Å². The quantitative estimate of drug-likeness (QED) is 0.694. The number of rotatable bonds is 5. The van der Waals surface area contributed by atoms with Crippen molar-refractivity contribution in [1.82, 2.24) is 0 Å². The van der Waals surface area contributed by atoms with Gasteiger partial charge in [0.25, 0.3) is 0 Å². The third-order valence-electron chi connectivity index (χ3n) is 2.56. The molecule has 14 heavy (non-hydrogen) atoms. The van der Waals surface area contributed by atoms with Crippen LogP contribution in [0.5, 0.6) is 0 Å². The monoisotopic (exact) mass is 202 g/mol. The number of hydrogen-bond donors (Lipinski definition) is 1. The number of hydrogen-bond acceptors (Lipinski definition) is 3. The van der Waals surface area contributed by atoms with Crippen molar-refractivity contribution >= 4 is 0 Å². The van der Waals surface area contributed by atoms with Gasteiger partial charge in [-0.05, 0) is 20.3 Å². The van der Waals surface area contributed by atoms with Crippen LogP contribution in [0.2, 0.25) is 0 Å². The Kier molecular flexibility index (Phi) is 4.35. The Morgan fingerprint density at radius 3 is 2.36 bits per heavy atom. The zero-order valence-electron chi connectivity index (χ0n) is 9.45. The van der Waals surface area contributed by atoms with Crippen molar-refractivity contribution < 1.29 is 14.6 Å². The van der Waals surface area contributed by atoms with E-state index in [1.807, 2.05) is 13.8 Å². The van der Waals surface area contributed by atoms with Crippen LogP contribution in [0.1, 0.15) is 46.5 Å². The van der Waals surface area contributed by atoms with E-state index in [1.54, 1.807) is 0 Å². The zero-order valence-corrected chi connectivity index (χ0v) is 9.45. The van der Waals surface area contributed by atoms with Gasteiger partial charge in [-0.25, -0.2) is 0 Å². The Bertz CT molecular complexity index is 168. The van der Waals surface area contributed by atoms with Gasteiger partial charge >= 0.3 is 0 Å². The molecule has 0 amide bonds. The van der Waals surface area contributed by atoms with E-state index in [4.69, 9.17) is 14.6 Å². The predicted molar refractivity (Wildman–Crippen MR) is 55.1 cm³/mol. The second kappa shape index (κ2) is 5.10. The third-order valence-corrected chi connectivity index (χ3v) is 2.56. The molecule has 1 N–H and O–H groups in total. The summed E-state index contributed by atoms with van der Waals surface area (Å²) < 4.78 is 11.3. The van der Waals surface area contributed by atoms with Crippen molar-refractivity contribution in [3.05, 3.63) is 0 Å². The van der Waals surface area contributed by atoms with Crippen LogP contribution in [0.25, 0.3) is 0 Å². The fourth-order valence-electron chi connectivity index (χ4n) is 1.90. The molecule has 84 valence electrons. The van der Waals surface area contributed by atoms with Crippen LogP contribution in [0.4, 0.5) is 0 Å². The molecule has 0 aromatic heterocycles. The van der Waals surface area contributed by atoms with E-state index >= 15 is 0 Å². The lowest BCUT2D eigenvalue weighted by Gasteiger charge is -2.16. The zero-order chi connectivity index (χ0) is 10.6. The van der Waals surface area contributed by atoms with Gasteiger partial charge in [0.15, 0.2) is 5.79 Å². The normalized spacial score (nSPS) is 30.9. The molecule has 1 saturated heterocycles. The minimum Gasteiger partial charge on any atom is -0.394 e. The van der Waals surface area contributed by atoms with E-state index in [-0.39, 0.29) is 18.8 Å². The topological polar surface area (TPSA) is 38.7 Å². The summed E-state index contributed by atoms with van der Waals surface area (Å²) in [4.78, 5) is 0. The Balaban J connectivity index is 2.35. The molecule has 3 heteroatoms. The summed E-state index contributed by atoms with van der Waals surface area (Å²) in [5, 5.41) is 9.12. The summed E-state index contributed by atoms with van der Waals surface area (Å²) in [6.45, 7) is 6.03. The lowest BCUT2D eigenvalue weighted by molar-refractivity contribution is -0.149. The van der Waals surface area contributed by atoms with Crippen molar-refractivity contribution in [2.75, 3.05) is 6.61 Å². The molecule has 3 nitrogen and oxygen atoms in total. The van der Waals surface area contributed by atoms with E-state index in [0.717, 1.165) is 12.8 Å². The number of aliphatic hydroxyl groups excluding tert-OH is 1. The van der Waals surface area contributed by atoms with E-state index in [1.165, 1.54) is 12.8 Å². The Hall–Kier alpha value is -0.120. The highest BCUT2D eigenvalue weighted by Gasteiger charge is 2.40. The lowest BCUT2D eigenvalue weighted by Crippen LogP contribution is -2.26. The summed E-state index contributed by atoms with van der Waals surface area (Å²) in [6, 6.07) is 0. The molecule has 0 aromatic rings. The van der Waals surface area contributed by atoms with Crippen LogP contribution in [0.3, 0.4) is 0 Å². The van der Waals surface area contributed by atoms with E-state index in [9.17, 15) is 0 Å². The molecule has 1 heterocycles. The lowest BCUT2D eigenvalue weighted by atomic mass is 10.1. The van der Waals surface area contributed by atoms with Gasteiger partial charge < -0.3 is 14.6 Å². The predicted octanol–water partition coefficient (Wildman–Crippen LogP) is 2.08. The smallest absolute Gasteiger partial charge is 0.163 e. The highest BCUT2D eigenvalue weighted by molar-refractivity contribution is 4.80. The van der Waals surface area contributed by atoms with Crippen LogP contribution in [-0.4, -0.2) is 29.7 Å². The first-order valence-electron chi connectivity index (χ1n) is 5.55. The van der Waals surface area contributed by atoms with Gasteiger partial charge in [-0.15, -0.1) is 0 Å². The molecule has 1 aliphatic heterocycles. The van der Waals surface area contributed by atoms with Crippen molar-refractivity contribution in [2.24, 2.45) is 0 Å². The average molecular weight is 202 g/mol. The third kappa shape index (κ3) is 3.23. The SMILES string of the molecule is CCCCC[C@@H]1OC(C)(C)O[C@@H]1CO. The molecule has 1 aliphatic rings. The summed E-state index contributed by atoms with van der Waals surface area (Å²) in [5.74, 6) is -0.524. The average Bonchev–Trinajstić information content (AvgIpc) is 2.41. The summed E-state index contributed by atoms with van der Waals surface area (Å²) >= 11 is 0. The first-order chi connectivity index (χ1) is 6.59. The van der Waals surface area contributed by atoms with Crippen LogP contribution in [0, 0.1) is 0 Å². The molecule has 0 saturated carbocycles. The fourth-order valence-corrected chi connectivity index (χ4v) is 1.90. The van der Waals surface area contributed by atoms with Gasteiger partial charge in [0, 0.05) is 0 Å². The van der Waals surface area contributed by atoms with Crippen LogP contribution in [-0.2, 0) is 9.47 Å². The van der Waals surface area contributed by atoms with Gasteiger partial charge in [0.05, 0.1) is 12.7 Å². The van der Waals surface area contributed by atoms with Crippen molar-refractivity contribution in [2.45, 2.75) is 64.4 Å². The van der Waals surface area contributed by atoms with Crippen LogP contribution >= 0.6 is 0 Å². The summed E-state index contributed by atoms with van der Waals surface area (Å²) in [6.07, 6.45) is 4.50. The molecule has 1 rings (SSSR count). The van der Waals surface area contributed by atoms with Gasteiger partial charge in [0.1, 0.15) is 6.10 Å². The highest BCUT2D eigenvalue weighted by atomic mass is 16.8. The fraction of sp³-hybridized carbons (Fsp3) is 1.00. The van der Waals surface area contributed by atoms with Gasteiger partial charge in [-0.2, -0.15) is 0 Å². The number of unbranched alkanes of at least 4 members (excludes halogenated alkanes) is 2. The van der Waals surface area contributed by atoms with Crippen LogP contribution < -0.4 is 0 Å². The van der Waals surface area contributed by atoms with E-state index in [2.05, 4.69) is 6.92 Å². The molecule has 0 aromatic carbocycles. The molecule has 0 spiro atoms. The maximum absolute atomic E-state index is 9.12. The van der Waals surface area contributed by atoms with Gasteiger partial charge in [0.2, 0.25) is 0 Å². The largest absolute Gasteiger partial charge is 0.394 e. The molecular weight excluding hydrogens is 180 g/mol. The second-order valence-corrected chi connectivity index (χ2v) is 4.39. The number of aliphatic hydroxyl groups is 1. The minimum atomic E-state index is -0.524. The van der Waals surface area contributed by atoms with Crippen LogP contribution in [0.15, 0.2) is 0 Å². The van der Waals surface area contributed by atoms with E-state index in [0.29, 0.717) is 0 Å². The first kappa shape index (κ1) is 12.0.